The average molecular weight is 315 g/mol. The van der Waals surface area contributed by atoms with Gasteiger partial charge < -0.3 is 14.3 Å². The maximum Gasteiger partial charge on any atom is 0.334 e. The minimum atomic E-state index is -0.281. The van der Waals surface area contributed by atoms with Crippen LogP contribution in [0.5, 0.6) is 0 Å². The highest BCUT2D eigenvalue weighted by atomic mass is 127. The number of hydrogen-bond donors (Lipinski definition) is 0. The summed E-state index contributed by atoms with van der Waals surface area (Å²) in [6.07, 6.45) is 1.96. The molecule has 1 saturated heterocycles. The Labute approximate surface area is 96.8 Å². The number of halogens is 1. The molecule has 0 aromatic heterocycles. The van der Waals surface area contributed by atoms with Crippen molar-refractivity contribution in [3.8, 4) is 0 Å². The summed E-state index contributed by atoms with van der Waals surface area (Å²) >= 11 is 1.95. The molecule has 0 aromatic rings. The van der Waals surface area contributed by atoms with Crippen molar-refractivity contribution in [3.63, 3.8) is 0 Å². The number of rotatable bonds is 2. The van der Waals surface area contributed by atoms with Crippen molar-refractivity contribution < 1.29 is 19.1 Å². The Morgan fingerprint density at radius 2 is 1.86 bits per heavy atom. The number of hydrogen-bond acceptors (Lipinski definition) is 5. The van der Waals surface area contributed by atoms with Crippen molar-refractivity contribution in [1.82, 2.24) is 5.06 Å². The molecule has 0 atom stereocenters. The van der Waals surface area contributed by atoms with Crippen molar-refractivity contribution in [2.45, 2.75) is 12.8 Å². The topological polar surface area (TPSA) is 48.0 Å². The molecule has 0 saturated carbocycles. The van der Waals surface area contributed by atoms with E-state index in [1.165, 1.54) is 5.06 Å². The predicted octanol–water partition coefficient (Wildman–Crippen LogP) is 0.924. The van der Waals surface area contributed by atoms with Gasteiger partial charge in [0.05, 0.1) is 4.43 Å². The summed E-state index contributed by atoms with van der Waals surface area (Å²) in [5.41, 5.74) is 0. The second kappa shape index (κ2) is 7.38. The molecule has 82 valence electrons. The first-order valence-corrected chi connectivity index (χ1v) is 6.02. The van der Waals surface area contributed by atoms with Crippen LogP contribution in [0.25, 0.3) is 0 Å². The fourth-order valence-corrected chi connectivity index (χ4v) is 1.14. The van der Waals surface area contributed by atoms with E-state index in [1.807, 2.05) is 22.6 Å². The molecule has 1 aliphatic heterocycles. The van der Waals surface area contributed by atoms with Gasteiger partial charge in [-0.1, -0.05) is 27.7 Å². The lowest BCUT2D eigenvalue weighted by atomic mass is 10.3. The lowest BCUT2D eigenvalue weighted by molar-refractivity contribution is -0.234. The van der Waals surface area contributed by atoms with Gasteiger partial charge in [-0.3, -0.25) is 0 Å². The van der Waals surface area contributed by atoms with Crippen LogP contribution in [-0.2, 0) is 19.1 Å². The Morgan fingerprint density at radius 3 is 2.36 bits per heavy atom. The summed E-state index contributed by atoms with van der Waals surface area (Å²) in [5.74, 6) is -0.281. The van der Waals surface area contributed by atoms with Crippen molar-refractivity contribution in [1.29, 1.82) is 0 Å². The highest BCUT2D eigenvalue weighted by Crippen LogP contribution is 2.01. The van der Waals surface area contributed by atoms with Crippen LogP contribution in [-0.4, -0.2) is 42.1 Å². The standard InChI is InChI=1S/C8H14INO4/c9-5-8(11)14-10-6-12-3-1-2-4-13-7-10/h1-7H2. The van der Waals surface area contributed by atoms with Crippen LogP contribution in [0.3, 0.4) is 0 Å². The van der Waals surface area contributed by atoms with Gasteiger partial charge >= 0.3 is 5.97 Å². The molecule has 0 bridgehead atoms. The maximum atomic E-state index is 11.0. The van der Waals surface area contributed by atoms with Crippen LogP contribution in [0, 0.1) is 0 Å². The lowest BCUT2D eigenvalue weighted by Crippen LogP contribution is -2.32. The van der Waals surface area contributed by atoms with Crippen molar-refractivity contribution in [2.75, 3.05) is 31.1 Å². The van der Waals surface area contributed by atoms with Gasteiger partial charge in [-0.2, -0.15) is 0 Å². The van der Waals surface area contributed by atoms with Crippen molar-refractivity contribution in [3.05, 3.63) is 0 Å². The van der Waals surface area contributed by atoms with Crippen LogP contribution >= 0.6 is 22.6 Å². The molecule has 1 heterocycles. The average Bonchev–Trinajstić information content (AvgIpc) is 2.31. The van der Waals surface area contributed by atoms with Crippen molar-refractivity contribution >= 4 is 28.6 Å². The van der Waals surface area contributed by atoms with E-state index in [4.69, 9.17) is 14.3 Å². The van der Waals surface area contributed by atoms with Gasteiger partial charge in [-0.05, 0) is 12.8 Å². The van der Waals surface area contributed by atoms with E-state index in [-0.39, 0.29) is 19.4 Å². The first-order chi connectivity index (χ1) is 6.83. The molecular weight excluding hydrogens is 301 g/mol. The Balaban J connectivity index is 2.28. The van der Waals surface area contributed by atoms with E-state index >= 15 is 0 Å². The van der Waals surface area contributed by atoms with E-state index in [0.29, 0.717) is 17.6 Å². The monoisotopic (exact) mass is 315 g/mol. The molecule has 6 heteroatoms. The molecule has 0 N–H and O–H groups in total. The van der Waals surface area contributed by atoms with Gasteiger partial charge in [0.2, 0.25) is 0 Å². The van der Waals surface area contributed by atoms with Crippen molar-refractivity contribution in [2.24, 2.45) is 0 Å². The molecule has 14 heavy (non-hydrogen) atoms. The van der Waals surface area contributed by atoms with Crippen LogP contribution < -0.4 is 0 Å². The maximum absolute atomic E-state index is 11.0. The van der Waals surface area contributed by atoms with Gasteiger partial charge in [0.25, 0.3) is 0 Å². The fraction of sp³-hybridized carbons (Fsp3) is 0.875. The third-order valence-electron chi connectivity index (χ3n) is 1.64. The van der Waals surface area contributed by atoms with Crippen LogP contribution in [0.1, 0.15) is 12.8 Å². The number of carbonyl (C=O) groups is 1. The normalized spacial score (nSPS) is 20.6. The van der Waals surface area contributed by atoms with E-state index in [9.17, 15) is 4.79 Å². The van der Waals surface area contributed by atoms with Crippen LogP contribution in [0.2, 0.25) is 0 Å². The predicted molar refractivity (Wildman–Crippen MR) is 57.7 cm³/mol. The minimum Gasteiger partial charge on any atom is -0.363 e. The van der Waals surface area contributed by atoms with Gasteiger partial charge in [0.1, 0.15) is 13.5 Å². The van der Waals surface area contributed by atoms with Gasteiger partial charge in [-0.25, -0.2) is 4.79 Å². The number of carbonyl (C=O) groups excluding carboxylic acids is 1. The largest absolute Gasteiger partial charge is 0.363 e. The highest BCUT2D eigenvalue weighted by molar-refractivity contribution is 14.1. The number of ether oxygens (including phenoxy) is 2. The summed E-state index contributed by atoms with van der Waals surface area (Å²) in [4.78, 5) is 16.0. The summed E-state index contributed by atoms with van der Waals surface area (Å²) < 4.78 is 10.9. The third kappa shape index (κ3) is 5.08. The Hall–Kier alpha value is 0.0800. The Kier molecular flexibility index (Phi) is 6.41. The van der Waals surface area contributed by atoms with Crippen LogP contribution in [0.4, 0.5) is 0 Å². The second-order valence-electron chi connectivity index (χ2n) is 2.86. The zero-order valence-corrected chi connectivity index (χ0v) is 10.1. The van der Waals surface area contributed by atoms with Gasteiger partial charge in [0.15, 0.2) is 0 Å². The molecule has 5 nitrogen and oxygen atoms in total. The third-order valence-corrected chi connectivity index (χ3v) is 2.26. The molecule has 0 aliphatic carbocycles. The number of hydroxylamine groups is 2. The summed E-state index contributed by atoms with van der Waals surface area (Å²) in [6, 6.07) is 0. The molecule has 1 fully saturated rings. The lowest BCUT2D eigenvalue weighted by Gasteiger charge is -2.18. The molecule has 0 aromatic carbocycles. The molecule has 0 amide bonds. The zero-order valence-electron chi connectivity index (χ0n) is 7.91. The van der Waals surface area contributed by atoms with E-state index in [0.717, 1.165) is 12.8 Å². The fourth-order valence-electron chi connectivity index (χ4n) is 0.999. The minimum absolute atomic E-state index is 0.280. The molecule has 0 radical (unpaired) electrons. The molecule has 1 rings (SSSR count). The smallest absolute Gasteiger partial charge is 0.334 e. The molecule has 1 aliphatic rings. The molecular formula is C8H14INO4. The zero-order chi connectivity index (χ0) is 10.2. The van der Waals surface area contributed by atoms with Gasteiger partial charge in [-0.15, -0.1) is 0 Å². The summed E-state index contributed by atoms with van der Waals surface area (Å²) in [6.45, 7) is 1.92. The highest BCUT2D eigenvalue weighted by Gasteiger charge is 2.12. The van der Waals surface area contributed by atoms with Crippen LogP contribution in [0.15, 0.2) is 0 Å². The molecule has 0 spiro atoms. The van der Waals surface area contributed by atoms with E-state index in [2.05, 4.69) is 0 Å². The Morgan fingerprint density at radius 1 is 1.29 bits per heavy atom. The van der Waals surface area contributed by atoms with E-state index < -0.39 is 0 Å². The summed E-state index contributed by atoms with van der Waals surface area (Å²) in [5, 5.41) is 1.40. The van der Waals surface area contributed by atoms with E-state index in [1.54, 1.807) is 0 Å². The number of nitrogens with zero attached hydrogens (tertiary/aromatic N) is 1. The van der Waals surface area contributed by atoms with Gasteiger partial charge in [0, 0.05) is 13.2 Å². The summed E-state index contributed by atoms with van der Waals surface area (Å²) in [7, 11) is 0. The first kappa shape index (κ1) is 12.2. The molecule has 0 unspecified atom stereocenters. The first-order valence-electron chi connectivity index (χ1n) is 4.50. The number of alkyl halides is 1. The second-order valence-corrected chi connectivity index (χ2v) is 3.62. The quantitative estimate of drug-likeness (QED) is 0.560. The Bertz CT molecular complexity index is 169. The SMILES string of the molecule is O=C(CI)ON1COCCCCOC1.